The highest BCUT2D eigenvalue weighted by Crippen LogP contribution is 2.18. The lowest BCUT2D eigenvalue weighted by Crippen LogP contribution is -2.36. The molecular weight excluding hydrogens is 274 g/mol. The normalized spacial score (nSPS) is 18.9. The van der Waals surface area contributed by atoms with E-state index < -0.39 is 5.97 Å². The summed E-state index contributed by atoms with van der Waals surface area (Å²) in [5, 5.41) is 9.13. The molecule has 0 aliphatic carbocycles. The molecule has 0 unspecified atom stereocenters. The first-order valence-corrected chi connectivity index (χ1v) is 9.72. The van der Waals surface area contributed by atoms with Crippen molar-refractivity contribution in [3.63, 3.8) is 0 Å². The molecule has 0 bridgehead atoms. The topological polar surface area (TPSA) is 40.5 Å². The first-order valence-electron chi connectivity index (χ1n) is 9.72. The minimum Gasteiger partial charge on any atom is -0.480 e. The van der Waals surface area contributed by atoms with Crippen molar-refractivity contribution in [2.75, 3.05) is 13.1 Å². The standard InChI is InChI=1S/C19H37NO2/c1-2-3-4-5-6-7-8-9-10-11-12-13-16-20-17-14-15-18(20)19(21)22/h18H,2-17H2,1H3,(H,21,22)/t18-/m0/s1. The van der Waals surface area contributed by atoms with Crippen LogP contribution < -0.4 is 0 Å². The molecule has 0 aromatic carbocycles. The zero-order chi connectivity index (χ0) is 16.0. The molecule has 0 aromatic heterocycles. The van der Waals surface area contributed by atoms with E-state index in [-0.39, 0.29) is 6.04 Å². The molecule has 3 nitrogen and oxygen atoms in total. The minimum atomic E-state index is -0.628. The van der Waals surface area contributed by atoms with E-state index in [1.807, 2.05) is 0 Å². The van der Waals surface area contributed by atoms with Crippen LogP contribution in [0.5, 0.6) is 0 Å². The van der Waals surface area contributed by atoms with Crippen LogP contribution in [0.25, 0.3) is 0 Å². The Morgan fingerprint density at radius 3 is 1.91 bits per heavy atom. The van der Waals surface area contributed by atoms with Gasteiger partial charge in [-0.3, -0.25) is 9.69 Å². The van der Waals surface area contributed by atoms with Crippen molar-refractivity contribution < 1.29 is 9.90 Å². The maximum atomic E-state index is 11.1. The Bertz CT molecular complexity index is 281. The van der Waals surface area contributed by atoms with Gasteiger partial charge in [0.05, 0.1) is 0 Å². The summed E-state index contributed by atoms with van der Waals surface area (Å²) in [5.74, 6) is -0.628. The fourth-order valence-corrected chi connectivity index (χ4v) is 3.53. The molecule has 130 valence electrons. The van der Waals surface area contributed by atoms with Gasteiger partial charge in [0.15, 0.2) is 0 Å². The fourth-order valence-electron chi connectivity index (χ4n) is 3.53. The van der Waals surface area contributed by atoms with Gasteiger partial charge in [-0.2, -0.15) is 0 Å². The third kappa shape index (κ3) is 8.77. The summed E-state index contributed by atoms with van der Waals surface area (Å²) in [6.45, 7) is 4.23. The molecule has 0 spiro atoms. The quantitative estimate of drug-likeness (QED) is 0.446. The average molecular weight is 312 g/mol. The summed E-state index contributed by atoms with van der Waals surface area (Å²) in [7, 11) is 0. The maximum absolute atomic E-state index is 11.1. The van der Waals surface area contributed by atoms with Crippen LogP contribution in [0.15, 0.2) is 0 Å². The molecule has 1 aliphatic rings. The van der Waals surface area contributed by atoms with Crippen LogP contribution in [0.1, 0.15) is 96.8 Å². The molecule has 0 aromatic rings. The lowest BCUT2D eigenvalue weighted by molar-refractivity contribution is -0.142. The SMILES string of the molecule is CCCCCCCCCCCCCCN1CCC[C@H]1C(=O)O. The largest absolute Gasteiger partial charge is 0.480 e. The van der Waals surface area contributed by atoms with Crippen molar-refractivity contribution in [3.8, 4) is 0 Å². The van der Waals surface area contributed by atoms with Crippen molar-refractivity contribution in [2.24, 2.45) is 0 Å². The molecule has 1 fully saturated rings. The van der Waals surface area contributed by atoms with Gasteiger partial charge in [-0.15, -0.1) is 0 Å². The highest BCUT2D eigenvalue weighted by molar-refractivity contribution is 5.73. The molecule has 1 atom stereocenters. The zero-order valence-electron chi connectivity index (χ0n) is 14.7. The number of likely N-dealkylation sites (tertiary alicyclic amines) is 1. The van der Waals surface area contributed by atoms with Crippen LogP contribution in [0.3, 0.4) is 0 Å². The van der Waals surface area contributed by atoms with Gasteiger partial charge in [0.1, 0.15) is 6.04 Å². The third-order valence-corrected chi connectivity index (χ3v) is 4.95. The Morgan fingerprint density at radius 2 is 1.41 bits per heavy atom. The first-order chi connectivity index (χ1) is 10.8. The fraction of sp³-hybridized carbons (Fsp3) is 0.947. The summed E-state index contributed by atoms with van der Waals surface area (Å²) >= 11 is 0. The second-order valence-electron chi connectivity index (χ2n) is 6.92. The highest BCUT2D eigenvalue weighted by Gasteiger charge is 2.29. The van der Waals surface area contributed by atoms with Crippen molar-refractivity contribution in [1.29, 1.82) is 0 Å². The average Bonchev–Trinajstić information content (AvgIpc) is 2.97. The Kier molecular flexibility index (Phi) is 11.4. The van der Waals surface area contributed by atoms with Crippen LogP contribution in [-0.4, -0.2) is 35.1 Å². The van der Waals surface area contributed by atoms with E-state index in [1.165, 1.54) is 77.0 Å². The Hall–Kier alpha value is -0.570. The monoisotopic (exact) mass is 311 g/mol. The smallest absolute Gasteiger partial charge is 0.320 e. The van der Waals surface area contributed by atoms with Crippen LogP contribution in [0, 0.1) is 0 Å². The summed E-state index contributed by atoms with van der Waals surface area (Å²) in [6.07, 6.45) is 18.2. The molecule has 1 heterocycles. The van der Waals surface area contributed by atoms with Crippen LogP contribution in [0.2, 0.25) is 0 Å². The number of aliphatic carboxylic acids is 1. The van der Waals surface area contributed by atoms with E-state index in [0.29, 0.717) is 0 Å². The predicted octanol–water partition coefficient (Wildman–Crippen LogP) is 5.24. The number of hydrogen-bond donors (Lipinski definition) is 1. The summed E-state index contributed by atoms with van der Waals surface area (Å²) in [4.78, 5) is 13.3. The van der Waals surface area contributed by atoms with Crippen LogP contribution >= 0.6 is 0 Å². The van der Waals surface area contributed by atoms with Gasteiger partial charge in [-0.25, -0.2) is 0 Å². The third-order valence-electron chi connectivity index (χ3n) is 4.95. The van der Waals surface area contributed by atoms with E-state index in [0.717, 1.165) is 25.9 Å². The van der Waals surface area contributed by atoms with E-state index >= 15 is 0 Å². The maximum Gasteiger partial charge on any atom is 0.320 e. The van der Waals surface area contributed by atoms with Gasteiger partial charge in [-0.1, -0.05) is 77.6 Å². The predicted molar refractivity (Wildman–Crippen MR) is 93.3 cm³/mol. The molecular formula is C19H37NO2. The van der Waals surface area contributed by atoms with Gasteiger partial charge < -0.3 is 5.11 Å². The summed E-state index contributed by atoms with van der Waals surface area (Å²) in [6, 6.07) is -0.201. The number of nitrogens with zero attached hydrogens (tertiary/aromatic N) is 1. The van der Waals surface area contributed by atoms with E-state index in [2.05, 4.69) is 11.8 Å². The number of unbranched alkanes of at least 4 members (excludes halogenated alkanes) is 11. The minimum absolute atomic E-state index is 0.201. The van der Waals surface area contributed by atoms with E-state index in [9.17, 15) is 4.79 Å². The van der Waals surface area contributed by atoms with Crippen molar-refractivity contribution in [3.05, 3.63) is 0 Å². The first kappa shape index (κ1) is 19.5. The second kappa shape index (κ2) is 12.9. The van der Waals surface area contributed by atoms with Gasteiger partial charge in [0, 0.05) is 0 Å². The lowest BCUT2D eigenvalue weighted by atomic mass is 10.1. The Balaban J connectivity index is 1.83. The highest BCUT2D eigenvalue weighted by atomic mass is 16.4. The molecule has 1 aliphatic heterocycles. The second-order valence-corrected chi connectivity index (χ2v) is 6.92. The molecule has 1 N–H and O–H groups in total. The van der Waals surface area contributed by atoms with Gasteiger partial charge in [0.2, 0.25) is 0 Å². The number of carboxylic acid groups (broad SMARTS) is 1. The number of carbonyl (C=O) groups is 1. The molecule has 0 radical (unpaired) electrons. The Morgan fingerprint density at radius 1 is 0.909 bits per heavy atom. The summed E-state index contributed by atoms with van der Waals surface area (Å²) < 4.78 is 0. The van der Waals surface area contributed by atoms with Gasteiger partial charge >= 0.3 is 5.97 Å². The molecule has 1 rings (SSSR count). The van der Waals surface area contributed by atoms with Crippen LogP contribution in [0.4, 0.5) is 0 Å². The van der Waals surface area contributed by atoms with E-state index in [1.54, 1.807) is 0 Å². The number of rotatable bonds is 14. The van der Waals surface area contributed by atoms with Crippen molar-refractivity contribution >= 4 is 5.97 Å². The molecule has 0 amide bonds. The number of hydrogen-bond acceptors (Lipinski definition) is 2. The Labute approximate surface area is 137 Å². The van der Waals surface area contributed by atoms with Crippen molar-refractivity contribution in [1.82, 2.24) is 4.90 Å². The molecule has 22 heavy (non-hydrogen) atoms. The lowest BCUT2D eigenvalue weighted by Gasteiger charge is -2.20. The van der Waals surface area contributed by atoms with Crippen LogP contribution in [-0.2, 0) is 4.79 Å². The van der Waals surface area contributed by atoms with Crippen molar-refractivity contribution in [2.45, 2.75) is 103 Å². The zero-order valence-corrected chi connectivity index (χ0v) is 14.7. The summed E-state index contributed by atoms with van der Waals surface area (Å²) in [5.41, 5.74) is 0. The molecule has 3 heteroatoms. The van der Waals surface area contributed by atoms with E-state index in [4.69, 9.17) is 5.11 Å². The van der Waals surface area contributed by atoms with Gasteiger partial charge in [0.25, 0.3) is 0 Å². The number of carboxylic acids is 1. The molecule has 0 saturated carbocycles. The molecule has 1 saturated heterocycles. The van der Waals surface area contributed by atoms with Gasteiger partial charge in [-0.05, 0) is 32.4 Å².